The fraction of sp³-hybridized carbons (Fsp3) is 0.222. The zero-order valence-electron chi connectivity index (χ0n) is 13.2. The smallest absolute Gasteiger partial charge is 0.279 e. The highest BCUT2D eigenvalue weighted by Gasteiger charge is 2.28. The third-order valence-electron chi connectivity index (χ3n) is 4.35. The SMILES string of the molecule is CCn1c2ccccc2c2cc(NC(=O)C3CSC(=O)N3)ccc21. The minimum absolute atomic E-state index is 0.142. The summed E-state index contributed by atoms with van der Waals surface area (Å²) in [6.07, 6.45) is 0. The Bertz CT molecular complexity index is 963. The molecule has 6 heteroatoms. The standard InChI is InChI=1S/C18H17N3O2S/c1-2-21-15-6-4-3-5-12(15)13-9-11(7-8-16(13)21)19-17(22)14-10-24-18(23)20-14/h3-9,14H,2,10H2,1H3,(H,19,22)(H,20,23). The van der Waals surface area contributed by atoms with Gasteiger partial charge in [-0.05, 0) is 31.2 Å². The molecular weight excluding hydrogens is 322 g/mol. The van der Waals surface area contributed by atoms with Crippen molar-refractivity contribution < 1.29 is 9.59 Å². The Morgan fingerprint density at radius 1 is 1.25 bits per heavy atom. The number of benzene rings is 2. The molecular formula is C18H17N3O2S. The number of carbonyl (C=O) groups excluding carboxylic acids is 2. The fourth-order valence-corrected chi connectivity index (χ4v) is 4.01. The van der Waals surface area contributed by atoms with Crippen LogP contribution in [0.1, 0.15) is 6.92 Å². The van der Waals surface area contributed by atoms with Gasteiger partial charge in [0.25, 0.3) is 5.24 Å². The van der Waals surface area contributed by atoms with E-state index in [-0.39, 0.29) is 11.1 Å². The van der Waals surface area contributed by atoms with Crippen LogP contribution in [0.25, 0.3) is 21.8 Å². The van der Waals surface area contributed by atoms with E-state index in [2.05, 4.69) is 34.3 Å². The molecule has 1 atom stereocenters. The number of fused-ring (bicyclic) bond motifs is 3. The van der Waals surface area contributed by atoms with Crippen LogP contribution in [0.2, 0.25) is 0 Å². The quantitative estimate of drug-likeness (QED) is 0.767. The van der Waals surface area contributed by atoms with E-state index in [1.807, 2.05) is 30.3 Å². The Hall–Kier alpha value is -2.47. The van der Waals surface area contributed by atoms with Crippen LogP contribution in [0.15, 0.2) is 42.5 Å². The number of hydrogen-bond acceptors (Lipinski definition) is 3. The molecule has 1 fully saturated rings. The summed E-state index contributed by atoms with van der Waals surface area (Å²) in [4.78, 5) is 23.5. The van der Waals surface area contributed by atoms with Crippen molar-refractivity contribution in [1.82, 2.24) is 9.88 Å². The van der Waals surface area contributed by atoms with Gasteiger partial charge in [0.2, 0.25) is 5.91 Å². The lowest BCUT2D eigenvalue weighted by Crippen LogP contribution is -2.38. The molecule has 5 nitrogen and oxygen atoms in total. The number of amides is 2. The van der Waals surface area contributed by atoms with E-state index >= 15 is 0 Å². The molecule has 0 radical (unpaired) electrons. The zero-order chi connectivity index (χ0) is 16.7. The molecule has 2 amide bonds. The predicted octanol–water partition coefficient (Wildman–Crippen LogP) is 3.58. The molecule has 0 saturated carbocycles. The summed E-state index contributed by atoms with van der Waals surface area (Å²) in [6, 6.07) is 13.8. The van der Waals surface area contributed by atoms with Crippen molar-refractivity contribution in [2.75, 3.05) is 11.1 Å². The summed E-state index contributed by atoms with van der Waals surface area (Å²) in [5.74, 6) is 0.300. The number of hydrogen-bond donors (Lipinski definition) is 2. The van der Waals surface area contributed by atoms with Gasteiger partial charge in [-0.15, -0.1) is 0 Å². The van der Waals surface area contributed by atoms with Crippen molar-refractivity contribution in [1.29, 1.82) is 0 Å². The largest absolute Gasteiger partial charge is 0.341 e. The lowest BCUT2D eigenvalue weighted by atomic mass is 10.1. The number of aromatic nitrogens is 1. The first-order valence-corrected chi connectivity index (χ1v) is 8.91. The first kappa shape index (κ1) is 15.1. The Labute approximate surface area is 143 Å². The molecule has 4 rings (SSSR count). The second-order valence-corrected chi connectivity index (χ2v) is 6.77. The summed E-state index contributed by atoms with van der Waals surface area (Å²) in [5.41, 5.74) is 3.09. The van der Waals surface area contributed by atoms with Crippen molar-refractivity contribution in [2.45, 2.75) is 19.5 Å². The molecule has 24 heavy (non-hydrogen) atoms. The van der Waals surface area contributed by atoms with Crippen LogP contribution in [-0.4, -0.2) is 27.5 Å². The summed E-state index contributed by atoms with van der Waals surface area (Å²) in [7, 11) is 0. The molecule has 1 aromatic heterocycles. The van der Waals surface area contributed by atoms with Crippen LogP contribution in [0.5, 0.6) is 0 Å². The van der Waals surface area contributed by atoms with Gasteiger partial charge in [0.05, 0.1) is 0 Å². The number of carbonyl (C=O) groups is 2. The van der Waals surface area contributed by atoms with E-state index in [1.54, 1.807) is 0 Å². The maximum Gasteiger partial charge on any atom is 0.279 e. The first-order valence-electron chi connectivity index (χ1n) is 7.92. The van der Waals surface area contributed by atoms with Crippen molar-refractivity contribution >= 4 is 50.4 Å². The van der Waals surface area contributed by atoms with E-state index in [1.165, 1.54) is 10.9 Å². The molecule has 2 heterocycles. The normalized spacial score (nSPS) is 17.4. The number of nitrogens with one attached hydrogen (secondary N) is 2. The van der Waals surface area contributed by atoms with Crippen LogP contribution in [0.4, 0.5) is 10.5 Å². The van der Waals surface area contributed by atoms with Gasteiger partial charge in [0.1, 0.15) is 6.04 Å². The fourth-order valence-electron chi connectivity index (χ4n) is 3.23. The molecule has 1 unspecified atom stereocenters. The lowest BCUT2D eigenvalue weighted by molar-refractivity contribution is -0.117. The molecule has 122 valence electrons. The van der Waals surface area contributed by atoms with Crippen molar-refractivity contribution in [2.24, 2.45) is 0 Å². The average Bonchev–Trinajstić information content (AvgIpc) is 3.16. The molecule has 1 aliphatic rings. The maximum absolute atomic E-state index is 12.3. The van der Waals surface area contributed by atoms with Gasteiger partial charge in [-0.3, -0.25) is 9.59 Å². The Kier molecular flexibility index (Phi) is 3.69. The van der Waals surface area contributed by atoms with E-state index in [0.717, 1.165) is 34.9 Å². The van der Waals surface area contributed by atoms with Crippen LogP contribution < -0.4 is 10.6 Å². The monoisotopic (exact) mass is 339 g/mol. The summed E-state index contributed by atoms with van der Waals surface area (Å²) in [5, 5.41) is 7.73. The molecule has 0 bridgehead atoms. The van der Waals surface area contributed by atoms with E-state index in [9.17, 15) is 9.59 Å². The molecule has 1 saturated heterocycles. The molecule has 2 aromatic carbocycles. The van der Waals surface area contributed by atoms with Crippen LogP contribution in [-0.2, 0) is 11.3 Å². The predicted molar refractivity (Wildman–Crippen MR) is 98.5 cm³/mol. The molecule has 0 spiro atoms. The van der Waals surface area contributed by atoms with Crippen LogP contribution in [0.3, 0.4) is 0 Å². The molecule has 0 aliphatic carbocycles. The molecule has 2 N–H and O–H groups in total. The zero-order valence-corrected chi connectivity index (χ0v) is 14.0. The average molecular weight is 339 g/mol. The van der Waals surface area contributed by atoms with Gasteiger partial charge in [-0.1, -0.05) is 30.0 Å². The van der Waals surface area contributed by atoms with Gasteiger partial charge in [0.15, 0.2) is 0 Å². The van der Waals surface area contributed by atoms with E-state index < -0.39 is 6.04 Å². The third-order valence-corrected chi connectivity index (χ3v) is 5.23. The van der Waals surface area contributed by atoms with Crippen molar-refractivity contribution in [3.05, 3.63) is 42.5 Å². The number of nitrogens with zero attached hydrogens (tertiary/aromatic N) is 1. The van der Waals surface area contributed by atoms with Crippen LogP contribution >= 0.6 is 11.8 Å². The van der Waals surface area contributed by atoms with Gasteiger partial charge in [0, 0.05) is 39.8 Å². The highest BCUT2D eigenvalue weighted by Crippen LogP contribution is 2.31. The molecule has 1 aliphatic heterocycles. The van der Waals surface area contributed by atoms with Crippen LogP contribution in [0, 0.1) is 0 Å². The Morgan fingerprint density at radius 3 is 2.79 bits per heavy atom. The van der Waals surface area contributed by atoms with E-state index in [4.69, 9.17) is 0 Å². The number of rotatable bonds is 3. The number of para-hydroxylation sites is 1. The minimum atomic E-state index is -0.463. The number of aryl methyl sites for hydroxylation is 1. The Morgan fingerprint density at radius 2 is 2.04 bits per heavy atom. The van der Waals surface area contributed by atoms with Gasteiger partial charge in [-0.25, -0.2) is 0 Å². The van der Waals surface area contributed by atoms with Crippen molar-refractivity contribution in [3.8, 4) is 0 Å². The topological polar surface area (TPSA) is 63.1 Å². The Balaban J connectivity index is 1.72. The van der Waals surface area contributed by atoms with Gasteiger partial charge < -0.3 is 15.2 Å². The third kappa shape index (κ3) is 2.43. The van der Waals surface area contributed by atoms with Gasteiger partial charge in [-0.2, -0.15) is 0 Å². The second kappa shape index (κ2) is 5.87. The summed E-state index contributed by atoms with van der Waals surface area (Å²) in [6.45, 7) is 3.02. The second-order valence-electron chi connectivity index (χ2n) is 5.78. The summed E-state index contributed by atoms with van der Waals surface area (Å²) >= 11 is 1.14. The summed E-state index contributed by atoms with van der Waals surface area (Å²) < 4.78 is 2.27. The van der Waals surface area contributed by atoms with Crippen molar-refractivity contribution in [3.63, 3.8) is 0 Å². The highest BCUT2D eigenvalue weighted by molar-refractivity contribution is 8.14. The number of anilines is 1. The van der Waals surface area contributed by atoms with Gasteiger partial charge >= 0.3 is 0 Å². The minimum Gasteiger partial charge on any atom is -0.341 e. The first-order chi connectivity index (χ1) is 11.7. The maximum atomic E-state index is 12.3. The molecule has 3 aromatic rings. The lowest BCUT2D eigenvalue weighted by Gasteiger charge is -2.10. The number of thioether (sulfide) groups is 1. The van der Waals surface area contributed by atoms with E-state index in [0.29, 0.717) is 5.75 Å². The highest BCUT2D eigenvalue weighted by atomic mass is 32.2.